The zero-order valence-corrected chi connectivity index (χ0v) is 21.3. The zero-order chi connectivity index (χ0) is 26.6. The lowest BCUT2D eigenvalue weighted by Gasteiger charge is -2.37. The van der Waals surface area contributed by atoms with Crippen molar-refractivity contribution in [3.05, 3.63) is 77.9 Å². The fourth-order valence-corrected chi connectivity index (χ4v) is 4.29. The predicted octanol–water partition coefficient (Wildman–Crippen LogP) is 3.85. The summed E-state index contributed by atoms with van der Waals surface area (Å²) in [6, 6.07) is 15.2. The van der Waals surface area contributed by atoms with Gasteiger partial charge in [0.25, 0.3) is 0 Å². The summed E-state index contributed by atoms with van der Waals surface area (Å²) in [7, 11) is 2.02. The third-order valence-electron chi connectivity index (χ3n) is 6.20. The molecule has 1 saturated heterocycles. The molecule has 1 fully saturated rings. The van der Waals surface area contributed by atoms with Crippen molar-refractivity contribution in [2.45, 2.75) is 57.2 Å². The second-order valence-electron chi connectivity index (χ2n) is 9.28. The Balaban J connectivity index is 1.69. The Kier molecular flexibility index (Phi) is 11.2. The number of amides is 2. The second kappa shape index (κ2) is 14.6. The Hall–Kier alpha value is -3.08. The Morgan fingerprint density at radius 1 is 1.08 bits per heavy atom. The average Bonchev–Trinajstić information content (AvgIpc) is 2.91. The standard InChI is InChI=1S/C28H37N3O6/c1-3-15-31(2)18-24-17-25(21-13-11-20(19-32)12-14-21)37-28(36-24)22-7-6-8-23(16-22)29-26(33)9-4-5-10-27(34)30-35/h3,6-8,11-14,16,24-25,28,32,35H,1,4-5,9-10,15,17-19H2,2H3,(H,29,33)(H,30,34)/t24-,25+,28+/m1/s1. The van der Waals surface area contributed by atoms with Crippen molar-refractivity contribution in [2.75, 3.05) is 25.5 Å². The monoisotopic (exact) mass is 511 g/mol. The highest BCUT2D eigenvalue weighted by Crippen LogP contribution is 2.38. The van der Waals surface area contributed by atoms with E-state index in [1.807, 2.05) is 61.7 Å². The molecule has 9 heteroatoms. The van der Waals surface area contributed by atoms with Gasteiger partial charge in [0.05, 0.1) is 18.8 Å². The van der Waals surface area contributed by atoms with Crippen LogP contribution in [-0.4, -0.2) is 53.3 Å². The molecule has 9 nitrogen and oxygen atoms in total. The molecule has 0 aromatic heterocycles. The molecule has 1 heterocycles. The number of benzene rings is 2. The maximum Gasteiger partial charge on any atom is 0.243 e. The number of ether oxygens (including phenoxy) is 2. The molecular formula is C28H37N3O6. The smallest absolute Gasteiger partial charge is 0.243 e. The first kappa shape index (κ1) is 28.5. The first-order valence-electron chi connectivity index (χ1n) is 12.5. The highest BCUT2D eigenvalue weighted by atomic mass is 16.7. The lowest BCUT2D eigenvalue weighted by atomic mass is 9.99. The minimum absolute atomic E-state index is 0.0109. The summed E-state index contributed by atoms with van der Waals surface area (Å²) in [6.07, 6.45) is 3.12. The molecule has 0 saturated carbocycles. The van der Waals surface area contributed by atoms with Crippen LogP contribution in [0.5, 0.6) is 0 Å². The van der Waals surface area contributed by atoms with E-state index in [0.717, 1.165) is 23.2 Å². The average molecular weight is 512 g/mol. The summed E-state index contributed by atoms with van der Waals surface area (Å²) in [5.74, 6) is -0.616. The highest BCUT2D eigenvalue weighted by Gasteiger charge is 2.32. The SMILES string of the molecule is C=CCN(C)C[C@H]1C[C@@H](c2ccc(CO)cc2)O[C@@H](c2cccc(NC(=O)CCCCC(=O)NO)c2)O1. The number of hydrogen-bond acceptors (Lipinski definition) is 7. The van der Waals surface area contributed by atoms with E-state index in [0.29, 0.717) is 31.5 Å². The van der Waals surface area contributed by atoms with Crippen LogP contribution in [0.2, 0.25) is 0 Å². The van der Waals surface area contributed by atoms with Crippen molar-refractivity contribution in [1.29, 1.82) is 0 Å². The number of unbranched alkanes of at least 4 members (excludes halogenated alkanes) is 1. The van der Waals surface area contributed by atoms with E-state index in [1.54, 1.807) is 5.48 Å². The number of aliphatic hydroxyl groups excluding tert-OH is 1. The lowest BCUT2D eigenvalue weighted by Crippen LogP contribution is -2.37. The molecule has 0 radical (unpaired) electrons. The van der Waals surface area contributed by atoms with Crippen molar-refractivity contribution >= 4 is 17.5 Å². The van der Waals surface area contributed by atoms with Gasteiger partial charge in [-0.1, -0.05) is 42.5 Å². The number of nitrogens with zero attached hydrogens (tertiary/aromatic N) is 1. The number of hydrogen-bond donors (Lipinski definition) is 4. The summed E-state index contributed by atoms with van der Waals surface area (Å²) < 4.78 is 12.7. The number of carbonyl (C=O) groups is 2. The summed E-state index contributed by atoms with van der Waals surface area (Å²) >= 11 is 0. The fourth-order valence-electron chi connectivity index (χ4n) is 4.29. The third-order valence-corrected chi connectivity index (χ3v) is 6.20. The third kappa shape index (κ3) is 9.07. The van der Waals surface area contributed by atoms with E-state index in [2.05, 4.69) is 16.8 Å². The van der Waals surface area contributed by atoms with Crippen molar-refractivity contribution < 1.29 is 29.4 Å². The maximum atomic E-state index is 12.4. The van der Waals surface area contributed by atoms with Crippen LogP contribution in [0.3, 0.4) is 0 Å². The van der Waals surface area contributed by atoms with Gasteiger partial charge in [-0.2, -0.15) is 0 Å². The number of carbonyl (C=O) groups excluding carboxylic acids is 2. The van der Waals surface area contributed by atoms with Crippen LogP contribution in [0.1, 0.15) is 61.2 Å². The minimum atomic E-state index is -0.618. The molecule has 3 atom stereocenters. The minimum Gasteiger partial charge on any atom is -0.392 e. The van der Waals surface area contributed by atoms with Gasteiger partial charge in [-0.25, -0.2) is 5.48 Å². The summed E-state index contributed by atoms with van der Waals surface area (Å²) in [4.78, 5) is 25.6. The van der Waals surface area contributed by atoms with Crippen LogP contribution in [-0.2, 0) is 25.7 Å². The van der Waals surface area contributed by atoms with Crippen LogP contribution < -0.4 is 10.8 Å². The molecule has 0 aliphatic carbocycles. The molecule has 37 heavy (non-hydrogen) atoms. The van der Waals surface area contributed by atoms with Gasteiger partial charge in [0.2, 0.25) is 11.8 Å². The summed E-state index contributed by atoms with van der Waals surface area (Å²) in [6.45, 7) is 5.26. The van der Waals surface area contributed by atoms with Crippen molar-refractivity contribution in [3.8, 4) is 0 Å². The van der Waals surface area contributed by atoms with Crippen LogP contribution in [0.4, 0.5) is 5.69 Å². The molecule has 3 rings (SSSR count). The Bertz CT molecular complexity index is 1030. The number of nitrogens with one attached hydrogen (secondary N) is 2. The van der Waals surface area contributed by atoms with Crippen LogP contribution in [0.25, 0.3) is 0 Å². The number of likely N-dealkylation sites (N-methyl/N-ethyl adjacent to an activating group) is 1. The Morgan fingerprint density at radius 2 is 1.81 bits per heavy atom. The van der Waals surface area contributed by atoms with Crippen LogP contribution in [0.15, 0.2) is 61.2 Å². The second-order valence-corrected chi connectivity index (χ2v) is 9.28. The Labute approximate surface area is 218 Å². The van der Waals surface area contributed by atoms with E-state index >= 15 is 0 Å². The molecule has 4 N–H and O–H groups in total. The first-order chi connectivity index (χ1) is 17.9. The van der Waals surface area contributed by atoms with Gasteiger partial charge in [-0.05, 0) is 43.1 Å². The van der Waals surface area contributed by atoms with Gasteiger partial charge in [0, 0.05) is 43.6 Å². The molecule has 200 valence electrons. The number of anilines is 1. The van der Waals surface area contributed by atoms with Gasteiger partial charge in [-0.3, -0.25) is 14.8 Å². The van der Waals surface area contributed by atoms with Crippen LogP contribution >= 0.6 is 0 Å². The van der Waals surface area contributed by atoms with Crippen molar-refractivity contribution in [1.82, 2.24) is 10.4 Å². The molecule has 1 aliphatic heterocycles. The van der Waals surface area contributed by atoms with Gasteiger partial charge in [0.1, 0.15) is 0 Å². The number of rotatable bonds is 13. The molecule has 2 aromatic rings. The quantitative estimate of drug-likeness (QED) is 0.140. The fraction of sp³-hybridized carbons (Fsp3) is 0.429. The highest BCUT2D eigenvalue weighted by molar-refractivity contribution is 5.90. The molecule has 0 spiro atoms. The van der Waals surface area contributed by atoms with Crippen molar-refractivity contribution in [3.63, 3.8) is 0 Å². The topological polar surface area (TPSA) is 120 Å². The van der Waals surface area contributed by atoms with E-state index in [9.17, 15) is 14.7 Å². The number of hydroxylamine groups is 1. The summed E-state index contributed by atoms with van der Waals surface area (Å²) in [5, 5.41) is 20.8. The molecule has 0 unspecified atom stereocenters. The van der Waals surface area contributed by atoms with Crippen LogP contribution in [0, 0.1) is 0 Å². The van der Waals surface area contributed by atoms with Crippen molar-refractivity contribution in [2.24, 2.45) is 0 Å². The Morgan fingerprint density at radius 3 is 2.49 bits per heavy atom. The number of aliphatic hydroxyl groups is 1. The van der Waals surface area contributed by atoms with E-state index in [4.69, 9.17) is 14.7 Å². The summed E-state index contributed by atoms with van der Waals surface area (Å²) in [5.41, 5.74) is 4.88. The molecule has 1 aliphatic rings. The molecule has 2 aromatic carbocycles. The van der Waals surface area contributed by atoms with Gasteiger partial charge in [-0.15, -0.1) is 6.58 Å². The first-order valence-corrected chi connectivity index (χ1v) is 12.5. The molecule has 0 bridgehead atoms. The molecule has 2 amide bonds. The largest absolute Gasteiger partial charge is 0.392 e. The van der Waals surface area contributed by atoms with E-state index < -0.39 is 12.2 Å². The van der Waals surface area contributed by atoms with E-state index in [-0.39, 0.29) is 37.6 Å². The maximum absolute atomic E-state index is 12.4. The van der Waals surface area contributed by atoms with Gasteiger partial charge >= 0.3 is 0 Å². The normalized spacial score (nSPS) is 19.4. The predicted molar refractivity (Wildman–Crippen MR) is 140 cm³/mol. The lowest BCUT2D eigenvalue weighted by molar-refractivity contribution is -0.252. The van der Waals surface area contributed by atoms with Gasteiger partial charge < -0.3 is 24.8 Å². The van der Waals surface area contributed by atoms with Gasteiger partial charge in [0.15, 0.2) is 6.29 Å². The van der Waals surface area contributed by atoms with E-state index in [1.165, 1.54) is 0 Å². The zero-order valence-electron chi connectivity index (χ0n) is 21.3. The molecular weight excluding hydrogens is 474 g/mol.